The van der Waals surface area contributed by atoms with Gasteiger partial charge in [-0.15, -0.1) is 10.2 Å². The van der Waals surface area contributed by atoms with Gasteiger partial charge in [0.15, 0.2) is 5.16 Å². The molecule has 0 atom stereocenters. The molecule has 11 nitrogen and oxygen atoms in total. The third kappa shape index (κ3) is 5.41. The number of thioether (sulfide) groups is 1. The third-order valence-electron chi connectivity index (χ3n) is 4.20. The maximum absolute atomic E-state index is 12.2. The van der Waals surface area contributed by atoms with Crippen molar-refractivity contribution in [1.82, 2.24) is 25.4 Å². The van der Waals surface area contributed by atoms with Gasteiger partial charge in [-0.05, 0) is 19.1 Å². The standard InChI is InChI=1S/C18H22N6O5S/c1-2-28-16(26)12-8-20-17(27)21-13(12)10-30-18-23-22-15(6-5-14(19)25)24(18)9-11-4-3-7-29-11/h3-4,7H,2,5-6,8-10H2,1H3,(H2,19,25)(H2,20,21,27). The molecule has 0 aliphatic carbocycles. The molecule has 1 aliphatic heterocycles. The summed E-state index contributed by atoms with van der Waals surface area (Å²) in [6.07, 6.45) is 2.04. The minimum atomic E-state index is -0.486. The summed E-state index contributed by atoms with van der Waals surface area (Å²) in [7, 11) is 0. The fraction of sp³-hybridized carbons (Fsp3) is 0.389. The summed E-state index contributed by atoms with van der Waals surface area (Å²) >= 11 is 1.30. The summed E-state index contributed by atoms with van der Waals surface area (Å²) in [6.45, 7) is 2.40. The number of carbonyl (C=O) groups excluding carboxylic acids is 3. The fourth-order valence-corrected chi connectivity index (χ4v) is 3.71. The van der Waals surface area contributed by atoms with Crippen LogP contribution in [0.1, 0.15) is 24.9 Å². The van der Waals surface area contributed by atoms with Gasteiger partial charge in [0.05, 0.1) is 31.5 Å². The van der Waals surface area contributed by atoms with E-state index in [1.165, 1.54) is 11.8 Å². The van der Waals surface area contributed by atoms with Gasteiger partial charge in [-0.2, -0.15) is 0 Å². The van der Waals surface area contributed by atoms with Crippen LogP contribution in [0.4, 0.5) is 4.79 Å². The summed E-state index contributed by atoms with van der Waals surface area (Å²) < 4.78 is 12.3. The Balaban J connectivity index is 1.81. The number of carbonyl (C=O) groups is 3. The molecule has 4 N–H and O–H groups in total. The van der Waals surface area contributed by atoms with Crippen molar-refractivity contribution in [3.05, 3.63) is 41.3 Å². The molecule has 3 heterocycles. The normalized spacial score (nSPS) is 13.7. The van der Waals surface area contributed by atoms with Gasteiger partial charge in [0, 0.05) is 24.3 Å². The molecule has 12 heteroatoms. The number of furan rings is 1. The first-order valence-electron chi connectivity index (χ1n) is 9.27. The first kappa shape index (κ1) is 21.4. The van der Waals surface area contributed by atoms with Gasteiger partial charge in [-0.1, -0.05) is 11.8 Å². The maximum atomic E-state index is 12.2. The highest BCUT2D eigenvalue weighted by Crippen LogP contribution is 2.23. The van der Waals surface area contributed by atoms with Gasteiger partial charge in [-0.3, -0.25) is 9.36 Å². The number of aromatic nitrogens is 3. The summed E-state index contributed by atoms with van der Waals surface area (Å²) in [6, 6.07) is 3.20. The molecule has 0 spiro atoms. The molecule has 0 saturated carbocycles. The van der Waals surface area contributed by atoms with E-state index in [0.717, 1.165) is 0 Å². The van der Waals surface area contributed by atoms with Crippen LogP contribution in [-0.4, -0.2) is 51.6 Å². The Kier molecular flexibility index (Phi) is 7.12. The van der Waals surface area contributed by atoms with Gasteiger partial charge >= 0.3 is 12.0 Å². The Bertz CT molecular complexity index is 952. The van der Waals surface area contributed by atoms with Crippen LogP contribution < -0.4 is 16.4 Å². The van der Waals surface area contributed by atoms with Crippen molar-refractivity contribution >= 4 is 29.7 Å². The van der Waals surface area contributed by atoms with E-state index in [-0.39, 0.29) is 25.3 Å². The monoisotopic (exact) mass is 434 g/mol. The second kappa shape index (κ2) is 9.96. The number of hydrogen-bond donors (Lipinski definition) is 3. The third-order valence-corrected chi connectivity index (χ3v) is 5.20. The van der Waals surface area contributed by atoms with E-state index in [0.29, 0.717) is 41.0 Å². The number of hydrogen-bond acceptors (Lipinski definition) is 8. The lowest BCUT2D eigenvalue weighted by atomic mass is 10.2. The molecule has 0 bridgehead atoms. The van der Waals surface area contributed by atoms with Gasteiger partial charge < -0.3 is 25.5 Å². The van der Waals surface area contributed by atoms with Crippen molar-refractivity contribution in [2.75, 3.05) is 18.9 Å². The van der Waals surface area contributed by atoms with E-state index < -0.39 is 17.9 Å². The number of ether oxygens (including phenoxy) is 1. The van der Waals surface area contributed by atoms with Crippen molar-refractivity contribution in [2.24, 2.45) is 5.73 Å². The molecule has 0 radical (unpaired) electrons. The zero-order valence-corrected chi connectivity index (χ0v) is 17.2. The molecule has 2 aromatic rings. The quantitative estimate of drug-likeness (QED) is 0.362. The lowest BCUT2D eigenvalue weighted by Gasteiger charge is -2.21. The van der Waals surface area contributed by atoms with Crippen LogP contribution >= 0.6 is 11.8 Å². The second-order valence-corrected chi connectivity index (χ2v) is 7.25. The minimum Gasteiger partial charge on any atom is -0.467 e. The molecule has 30 heavy (non-hydrogen) atoms. The topological polar surface area (TPSA) is 154 Å². The second-order valence-electron chi connectivity index (χ2n) is 6.30. The largest absolute Gasteiger partial charge is 0.467 e. The highest BCUT2D eigenvalue weighted by Gasteiger charge is 2.24. The molecule has 0 fully saturated rings. The van der Waals surface area contributed by atoms with Gasteiger partial charge in [-0.25, -0.2) is 9.59 Å². The molecule has 0 saturated heterocycles. The lowest BCUT2D eigenvalue weighted by molar-refractivity contribution is -0.138. The number of rotatable bonds is 10. The van der Waals surface area contributed by atoms with Crippen LogP contribution in [0.2, 0.25) is 0 Å². The number of urea groups is 1. The van der Waals surface area contributed by atoms with E-state index in [2.05, 4.69) is 20.8 Å². The van der Waals surface area contributed by atoms with Crippen LogP contribution in [0.5, 0.6) is 0 Å². The average molecular weight is 434 g/mol. The summed E-state index contributed by atoms with van der Waals surface area (Å²) in [5, 5.41) is 14.1. The predicted molar refractivity (Wildman–Crippen MR) is 106 cm³/mol. The van der Waals surface area contributed by atoms with Crippen LogP contribution in [0.15, 0.2) is 39.2 Å². The molecule has 2 aromatic heterocycles. The average Bonchev–Trinajstić information content (AvgIpc) is 3.35. The SMILES string of the molecule is CCOC(=O)C1=C(CSc2nnc(CCC(N)=O)n2Cc2ccco2)NC(=O)NC1. The van der Waals surface area contributed by atoms with Crippen molar-refractivity contribution < 1.29 is 23.5 Å². The molecular formula is C18H22N6O5S. The predicted octanol–water partition coefficient (Wildman–Crippen LogP) is 0.559. The lowest BCUT2D eigenvalue weighted by Crippen LogP contribution is -2.44. The number of nitrogens with one attached hydrogen (secondary N) is 2. The molecular weight excluding hydrogens is 412 g/mol. The van der Waals surface area contributed by atoms with E-state index in [4.69, 9.17) is 14.9 Å². The van der Waals surface area contributed by atoms with E-state index in [1.807, 2.05) is 10.6 Å². The van der Waals surface area contributed by atoms with Crippen LogP contribution in [0.3, 0.4) is 0 Å². The summed E-state index contributed by atoms with van der Waals surface area (Å²) in [5.41, 5.74) is 6.06. The fourth-order valence-electron chi connectivity index (χ4n) is 2.77. The molecule has 0 unspecified atom stereocenters. The van der Waals surface area contributed by atoms with Crippen LogP contribution in [0, 0.1) is 0 Å². The van der Waals surface area contributed by atoms with Crippen LogP contribution in [-0.2, 0) is 27.3 Å². The van der Waals surface area contributed by atoms with Gasteiger partial charge in [0.2, 0.25) is 5.91 Å². The van der Waals surface area contributed by atoms with Crippen molar-refractivity contribution in [1.29, 1.82) is 0 Å². The number of nitrogens with zero attached hydrogens (tertiary/aromatic N) is 3. The number of nitrogens with two attached hydrogens (primary N) is 1. The van der Waals surface area contributed by atoms with Gasteiger partial charge in [0.1, 0.15) is 11.6 Å². The Morgan fingerprint density at radius 1 is 1.40 bits per heavy atom. The van der Waals surface area contributed by atoms with E-state index >= 15 is 0 Å². The van der Waals surface area contributed by atoms with Crippen molar-refractivity contribution in [3.8, 4) is 0 Å². The first-order valence-corrected chi connectivity index (χ1v) is 10.3. The number of esters is 1. The number of amides is 3. The highest BCUT2D eigenvalue weighted by atomic mass is 32.2. The molecule has 3 amide bonds. The zero-order valence-electron chi connectivity index (χ0n) is 16.3. The van der Waals surface area contributed by atoms with E-state index in [1.54, 1.807) is 19.3 Å². The smallest absolute Gasteiger partial charge is 0.337 e. The Morgan fingerprint density at radius 3 is 2.93 bits per heavy atom. The first-order chi connectivity index (χ1) is 14.5. The maximum Gasteiger partial charge on any atom is 0.337 e. The van der Waals surface area contributed by atoms with Crippen molar-refractivity contribution in [2.45, 2.75) is 31.5 Å². The molecule has 160 valence electrons. The molecule has 1 aliphatic rings. The minimum absolute atomic E-state index is 0.0868. The zero-order chi connectivity index (χ0) is 21.5. The Morgan fingerprint density at radius 2 is 2.23 bits per heavy atom. The van der Waals surface area contributed by atoms with Crippen LogP contribution in [0.25, 0.3) is 0 Å². The number of primary amides is 1. The Hall–Kier alpha value is -3.28. The highest BCUT2D eigenvalue weighted by molar-refractivity contribution is 7.99. The summed E-state index contributed by atoms with van der Waals surface area (Å²) in [5.74, 6) is 0.631. The summed E-state index contributed by atoms with van der Waals surface area (Å²) in [4.78, 5) is 35.1. The van der Waals surface area contributed by atoms with Gasteiger partial charge in [0.25, 0.3) is 0 Å². The van der Waals surface area contributed by atoms with E-state index in [9.17, 15) is 14.4 Å². The van der Waals surface area contributed by atoms with Crippen molar-refractivity contribution in [3.63, 3.8) is 0 Å². The molecule has 3 rings (SSSR count). The Labute approximate surface area is 176 Å². The number of aryl methyl sites for hydroxylation is 1. The molecule has 0 aromatic carbocycles.